The van der Waals surface area contributed by atoms with Crippen LogP contribution >= 0.6 is 8.81 Å². The monoisotopic (exact) mass is 122 g/mol. The lowest BCUT2D eigenvalue weighted by atomic mass is 10.4. The largest absolute Gasteiger partial charge is 0.249 e. The van der Waals surface area contributed by atoms with Crippen molar-refractivity contribution >= 4 is 8.81 Å². The minimum atomic E-state index is 0.244. The zero-order chi connectivity index (χ0) is 5.70. The van der Waals surface area contributed by atoms with Gasteiger partial charge in [-0.15, -0.1) is 0 Å². The van der Waals surface area contributed by atoms with Crippen LogP contribution in [0.1, 0.15) is 20.3 Å². The molecule has 0 aromatic rings. The molecule has 0 aromatic carbocycles. The van der Waals surface area contributed by atoms with Crippen molar-refractivity contribution in [2.24, 2.45) is 0 Å². The van der Waals surface area contributed by atoms with E-state index < -0.39 is 0 Å². The van der Waals surface area contributed by atoms with Crippen LogP contribution in [0.5, 0.6) is 0 Å². The second-order valence-electron chi connectivity index (χ2n) is 1.52. The highest BCUT2D eigenvalue weighted by atomic mass is 31.1. The molecular weight excluding hydrogens is 111 g/mol. The van der Waals surface area contributed by atoms with Crippen LogP contribution in [0.25, 0.3) is 0 Å². The Hall–Kier alpha value is 0.350. The fraction of sp³-hybridized carbons (Fsp3) is 1.00. The normalized spacial score (nSPS) is 15.9. The first kappa shape index (κ1) is 7.35. The summed E-state index contributed by atoms with van der Waals surface area (Å²) in [4.78, 5) is 0. The van der Waals surface area contributed by atoms with Crippen LogP contribution in [0.4, 0.5) is 0 Å². The summed E-state index contributed by atoms with van der Waals surface area (Å²) in [5.74, 6) is 0. The van der Waals surface area contributed by atoms with Crippen LogP contribution in [-0.4, -0.2) is 10.9 Å². The lowest BCUT2D eigenvalue weighted by molar-refractivity contribution is -0.123. The minimum absolute atomic E-state index is 0.244. The molecule has 2 nitrogen and oxygen atoms in total. The fourth-order valence-corrected chi connectivity index (χ4v) is 0.520. The maximum Gasteiger partial charge on any atom is 0.0591 e. The summed E-state index contributed by atoms with van der Waals surface area (Å²) in [6.07, 6.45) is 1.07. The Morgan fingerprint density at radius 1 is 1.86 bits per heavy atom. The van der Waals surface area contributed by atoms with Crippen LogP contribution < -0.4 is 0 Å². The van der Waals surface area contributed by atoms with Crippen molar-refractivity contribution in [2.45, 2.75) is 25.9 Å². The molecule has 0 bridgehead atoms. The number of hydrogen-bond acceptors (Lipinski definition) is 2. The molecule has 0 aliphatic carbocycles. The smallest absolute Gasteiger partial charge is 0.0591 e. The van der Waals surface area contributed by atoms with Crippen molar-refractivity contribution in [2.75, 3.05) is 0 Å². The zero-order valence-electron chi connectivity index (χ0n) is 4.64. The van der Waals surface area contributed by atoms with Gasteiger partial charge in [-0.2, -0.15) is 0 Å². The molecule has 0 saturated heterocycles. The van der Waals surface area contributed by atoms with E-state index >= 15 is 0 Å². The third kappa shape index (κ3) is 4.20. The fourth-order valence-electron chi connectivity index (χ4n) is 0.173. The van der Waals surface area contributed by atoms with Crippen molar-refractivity contribution in [3.8, 4) is 0 Å². The van der Waals surface area contributed by atoms with E-state index in [4.69, 9.17) is 5.26 Å². The summed E-state index contributed by atoms with van der Waals surface area (Å²) >= 11 is 0. The van der Waals surface area contributed by atoms with E-state index in [-0.39, 0.29) is 8.81 Å². The molecule has 0 aliphatic rings. The summed E-state index contributed by atoms with van der Waals surface area (Å²) < 4.78 is 3.92. The van der Waals surface area contributed by atoms with Gasteiger partial charge in [-0.3, -0.25) is 0 Å². The summed E-state index contributed by atoms with van der Waals surface area (Å²) in [6.45, 7) is 4.10. The summed E-state index contributed by atoms with van der Waals surface area (Å²) in [5.41, 5.74) is 0.505. The standard InChI is InChI=1S/C4H11O2P/c1-3-4(2)7-6-5/h4-5,7H,3H2,1-2H3. The van der Waals surface area contributed by atoms with Crippen LogP contribution in [0.2, 0.25) is 0 Å². The van der Waals surface area contributed by atoms with Gasteiger partial charge in [0.05, 0.1) is 8.81 Å². The van der Waals surface area contributed by atoms with Gasteiger partial charge >= 0.3 is 0 Å². The molecule has 44 valence electrons. The molecule has 0 amide bonds. The molecule has 0 saturated carbocycles. The average Bonchev–Trinajstić information content (AvgIpc) is 1.68. The highest BCUT2D eigenvalue weighted by Gasteiger charge is 1.95. The third-order valence-electron chi connectivity index (χ3n) is 0.866. The SMILES string of the molecule is CCC(C)POO. The van der Waals surface area contributed by atoms with E-state index in [1.165, 1.54) is 0 Å². The summed E-state index contributed by atoms with van der Waals surface area (Å²) in [6, 6.07) is 0. The topological polar surface area (TPSA) is 29.5 Å². The van der Waals surface area contributed by atoms with Gasteiger partial charge < -0.3 is 0 Å². The van der Waals surface area contributed by atoms with E-state index in [1.807, 2.05) is 6.92 Å². The van der Waals surface area contributed by atoms with E-state index in [0.717, 1.165) is 6.42 Å². The van der Waals surface area contributed by atoms with E-state index in [2.05, 4.69) is 11.6 Å². The second-order valence-corrected chi connectivity index (χ2v) is 2.92. The molecule has 1 N–H and O–H groups in total. The molecular formula is C4H11O2P. The van der Waals surface area contributed by atoms with Crippen LogP contribution in [-0.2, 0) is 4.67 Å². The third-order valence-corrected chi connectivity index (χ3v) is 1.78. The molecule has 0 aromatic heterocycles. The quantitative estimate of drug-likeness (QED) is 0.351. The molecule has 3 heteroatoms. The van der Waals surface area contributed by atoms with Gasteiger partial charge in [-0.1, -0.05) is 13.8 Å². The van der Waals surface area contributed by atoms with E-state index in [9.17, 15) is 0 Å². The van der Waals surface area contributed by atoms with Crippen molar-refractivity contribution in [1.82, 2.24) is 0 Å². The average molecular weight is 122 g/mol. The van der Waals surface area contributed by atoms with Crippen LogP contribution in [0.15, 0.2) is 0 Å². The van der Waals surface area contributed by atoms with E-state index in [1.54, 1.807) is 0 Å². The van der Waals surface area contributed by atoms with Gasteiger partial charge in [-0.25, -0.2) is 9.93 Å². The molecule has 0 heterocycles. The summed E-state index contributed by atoms with van der Waals surface area (Å²) in [7, 11) is 0.244. The van der Waals surface area contributed by atoms with Gasteiger partial charge in [0.2, 0.25) is 0 Å². The lowest BCUT2D eigenvalue weighted by Gasteiger charge is -2.01. The first-order valence-corrected chi connectivity index (χ1v) is 3.35. The molecule has 2 atom stereocenters. The van der Waals surface area contributed by atoms with Crippen molar-refractivity contribution in [3.63, 3.8) is 0 Å². The highest BCUT2D eigenvalue weighted by molar-refractivity contribution is 7.32. The first-order chi connectivity index (χ1) is 3.31. The molecule has 0 rings (SSSR count). The Labute approximate surface area is 45.7 Å². The molecule has 0 aliphatic heterocycles. The summed E-state index contributed by atoms with van der Waals surface area (Å²) in [5, 5.41) is 7.88. The first-order valence-electron chi connectivity index (χ1n) is 2.37. The van der Waals surface area contributed by atoms with E-state index in [0.29, 0.717) is 5.66 Å². The predicted octanol–water partition coefficient (Wildman–Crippen LogP) is 1.87. The van der Waals surface area contributed by atoms with Crippen molar-refractivity contribution < 1.29 is 9.93 Å². The maximum absolute atomic E-state index is 7.88. The highest BCUT2D eigenvalue weighted by Crippen LogP contribution is 2.19. The van der Waals surface area contributed by atoms with Gasteiger partial charge in [0.1, 0.15) is 0 Å². The lowest BCUT2D eigenvalue weighted by Crippen LogP contribution is -1.88. The Balaban J connectivity index is 2.83. The molecule has 7 heavy (non-hydrogen) atoms. The Kier molecular flexibility index (Phi) is 4.73. The zero-order valence-corrected chi connectivity index (χ0v) is 5.64. The minimum Gasteiger partial charge on any atom is -0.249 e. The van der Waals surface area contributed by atoms with Gasteiger partial charge in [0.15, 0.2) is 0 Å². The Morgan fingerprint density at radius 3 is 2.57 bits per heavy atom. The van der Waals surface area contributed by atoms with Crippen molar-refractivity contribution in [3.05, 3.63) is 0 Å². The van der Waals surface area contributed by atoms with Gasteiger partial charge in [0, 0.05) is 5.66 Å². The van der Waals surface area contributed by atoms with Gasteiger partial charge in [0.25, 0.3) is 0 Å². The molecule has 0 fully saturated rings. The maximum atomic E-state index is 7.88. The van der Waals surface area contributed by atoms with Gasteiger partial charge in [-0.05, 0) is 6.42 Å². The molecule has 0 spiro atoms. The molecule has 2 unspecified atom stereocenters. The Morgan fingerprint density at radius 2 is 2.43 bits per heavy atom. The number of hydrogen-bond donors (Lipinski definition) is 1. The molecule has 0 radical (unpaired) electrons. The number of rotatable bonds is 3. The Bertz CT molecular complexity index is 40.7. The predicted molar refractivity (Wildman–Crippen MR) is 31.8 cm³/mol. The van der Waals surface area contributed by atoms with Crippen LogP contribution in [0, 0.1) is 0 Å². The van der Waals surface area contributed by atoms with Crippen LogP contribution in [0.3, 0.4) is 0 Å². The van der Waals surface area contributed by atoms with Crippen molar-refractivity contribution in [1.29, 1.82) is 0 Å². The second kappa shape index (κ2) is 4.51.